The highest BCUT2D eigenvalue weighted by Crippen LogP contribution is 2.27. The number of carbonyl (C=O) groups excluding carboxylic acids is 2. The van der Waals surface area contributed by atoms with Gasteiger partial charge in [-0.05, 0) is 29.3 Å². The molecular weight excluding hydrogens is 282 g/mol. The average molecular weight is 297 g/mol. The van der Waals surface area contributed by atoms with Crippen LogP contribution in [0.3, 0.4) is 0 Å². The van der Waals surface area contributed by atoms with Gasteiger partial charge in [-0.3, -0.25) is 4.79 Å². The zero-order valence-corrected chi connectivity index (χ0v) is 12.1. The molecule has 0 radical (unpaired) electrons. The van der Waals surface area contributed by atoms with Crippen LogP contribution in [-0.2, 0) is 22.6 Å². The van der Waals surface area contributed by atoms with Crippen LogP contribution in [0.5, 0.6) is 5.75 Å². The van der Waals surface area contributed by atoms with E-state index in [4.69, 9.17) is 9.47 Å². The molecule has 1 heterocycles. The van der Waals surface area contributed by atoms with Gasteiger partial charge in [0, 0.05) is 11.8 Å². The average Bonchev–Trinajstić information content (AvgIpc) is 2.91. The van der Waals surface area contributed by atoms with Gasteiger partial charge in [-0.15, -0.1) is 0 Å². The van der Waals surface area contributed by atoms with Crippen molar-refractivity contribution in [2.75, 3.05) is 12.4 Å². The third-order valence-corrected chi connectivity index (χ3v) is 3.46. The summed E-state index contributed by atoms with van der Waals surface area (Å²) in [7, 11) is 1.35. The molecule has 0 fully saturated rings. The van der Waals surface area contributed by atoms with E-state index in [1.807, 2.05) is 24.3 Å². The van der Waals surface area contributed by atoms with E-state index >= 15 is 0 Å². The smallest absolute Gasteiger partial charge is 0.337 e. The molecule has 0 saturated heterocycles. The number of carbonyl (C=O) groups is 2. The Hall–Kier alpha value is -2.82. The Morgan fingerprint density at radius 2 is 2.09 bits per heavy atom. The minimum Gasteiger partial charge on any atom is -0.489 e. The third kappa shape index (κ3) is 2.93. The summed E-state index contributed by atoms with van der Waals surface area (Å²) >= 11 is 0. The number of hydrogen-bond donors (Lipinski definition) is 1. The van der Waals surface area contributed by atoms with Gasteiger partial charge in [0.25, 0.3) is 0 Å². The number of rotatable bonds is 4. The first-order valence-corrected chi connectivity index (χ1v) is 6.88. The molecular formula is C17H15NO4. The van der Waals surface area contributed by atoms with Crippen molar-refractivity contribution >= 4 is 17.6 Å². The lowest BCUT2D eigenvalue weighted by atomic mass is 10.1. The molecule has 0 saturated carbocycles. The lowest BCUT2D eigenvalue weighted by Crippen LogP contribution is -2.04. The molecule has 1 aliphatic heterocycles. The van der Waals surface area contributed by atoms with E-state index < -0.39 is 0 Å². The predicted octanol–water partition coefficient (Wildman–Crippen LogP) is 2.55. The van der Waals surface area contributed by atoms with E-state index in [2.05, 4.69) is 5.32 Å². The lowest BCUT2D eigenvalue weighted by molar-refractivity contribution is -0.115. The topological polar surface area (TPSA) is 64.6 Å². The zero-order chi connectivity index (χ0) is 15.5. The van der Waals surface area contributed by atoms with Gasteiger partial charge < -0.3 is 14.8 Å². The highest BCUT2D eigenvalue weighted by atomic mass is 16.5. The maximum absolute atomic E-state index is 11.5. The Kier molecular flexibility index (Phi) is 3.78. The van der Waals surface area contributed by atoms with Crippen LogP contribution in [0.15, 0.2) is 42.5 Å². The van der Waals surface area contributed by atoms with Gasteiger partial charge in [0.15, 0.2) is 0 Å². The summed E-state index contributed by atoms with van der Waals surface area (Å²) in [6.07, 6.45) is 0.413. The number of esters is 1. The highest BCUT2D eigenvalue weighted by Gasteiger charge is 2.17. The number of hydrogen-bond acceptors (Lipinski definition) is 4. The van der Waals surface area contributed by atoms with Crippen molar-refractivity contribution in [2.24, 2.45) is 0 Å². The van der Waals surface area contributed by atoms with Crippen LogP contribution < -0.4 is 10.1 Å². The van der Waals surface area contributed by atoms with Crippen LogP contribution in [0.25, 0.3) is 0 Å². The minimum absolute atomic E-state index is 0.00192. The number of amides is 1. The molecule has 2 aromatic carbocycles. The summed E-state index contributed by atoms with van der Waals surface area (Å²) in [5.74, 6) is 0.296. The number of nitrogens with one attached hydrogen (secondary N) is 1. The van der Waals surface area contributed by atoms with E-state index in [0.29, 0.717) is 24.3 Å². The fourth-order valence-electron chi connectivity index (χ4n) is 2.36. The third-order valence-electron chi connectivity index (χ3n) is 3.46. The van der Waals surface area contributed by atoms with Crippen LogP contribution in [-0.4, -0.2) is 19.0 Å². The van der Waals surface area contributed by atoms with Crippen molar-refractivity contribution in [1.82, 2.24) is 0 Å². The summed E-state index contributed by atoms with van der Waals surface area (Å²) in [6.45, 7) is 0.331. The molecule has 1 aliphatic rings. The van der Waals surface area contributed by atoms with Crippen molar-refractivity contribution < 1.29 is 19.1 Å². The Labute approximate surface area is 127 Å². The van der Waals surface area contributed by atoms with Crippen molar-refractivity contribution in [3.8, 4) is 5.75 Å². The summed E-state index contributed by atoms with van der Waals surface area (Å²) in [6, 6.07) is 12.6. The van der Waals surface area contributed by atoms with E-state index in [9.17, 15) is 9.59 Å². The number of ether oxygens (including phenoxy) is 2. The first-order valence-electron chi connectivity index (χ1n) is 6.88. The van der Waals surface area contributed by atoms with Crippen molar-refractivity contribution in [3.63, 3.8) is 0 Å². The second-order valence-corrected chi connectivity index (χ2v) is 5.02. The van der Waals surface area contributed by atoms with Crippen molar-refractivity contribution in [2.45, 2.75) is 13.0 Å². The SMILES string of the molecule is COC(=O)c1cccc(COc2ccc3c(c2)NC(=O)C3)c1. The van der Waals surface area contributed by atoms with Crippen LogP contribution >= 0.6 is 0 Å². The van der Waals surface area contributed by atoms with Gasteiger partial charge in [0.2, 0.25) is 5.91 Å². The van der Waals surface area contributed by atoms with Crippen LogP contribution in [0.1, 0.15) is 21.5 Å². The van der Waals surface area contributed by atoms with Crippen LogP contribution in [0.2, 0.25) is 0 Å². The Morgan fingerprint density at radius 1 is 1.23 bits per heavy atom. The largest absolute Gasteiger partial charge is 0.489 e. The Balaban J connectivity index is 1.69. The maximum atomic E-state index is 11.5. The quantitative estimate of drug-likeness (QED) is 0.881. The van der Waals surface area contributed by atoms with Gasteiger partial charge in [0.1, 0.15) is 12.4 Å². The van der Waals surface area contributed by atoms with Gasteiger partial charge in [-0.2, -0.15) is 0 Å². The fraction of sp³-hybridized carbons (Fsp3) is 0.176. The summed E-state index contributed by atoms with van der Waals surface area (Å²) in [4.78, 5) is 22.8. The molecule has 0 aromatic heterocycles. The summed E-state index contributed by atoms with van der Waals surface area (Å²) in [5, 5.41) is 2.79. The molecule has 1 amide bonds. The summed E-state index contributed by atoms with van der Waals surface area (Å²) < 4.78 is 10.4. The first kappa shape index (κ1) is 14.1. The number of anilines is 1. The standard InChI is InChI=1S/C17H15NO4/c1-21-17(20)13-4-2-3-11(7-13)10-22-14-6-5-12-8-16(19)18-15(12)9-14/h2-7,9H,8,10H2,1H3,(H,18,19). The molecule has 1 N–H and O–H groups in total. The van der Waals surface area contributed by atoms with E-state index in [1.54, 1.807) is 18.2 Å². The molecule has 5 heteroatoms. The Bertz CT molecular complexity index is 739. The van der Waals surface area contributed by atoms with Crippen molar-refractivity contribution in [1.29, 1.82) is 0 Å². The molecule has 0 aliphatic carbocycles. The van der Waals surface area contributed by atoms with Crippen LogP contribution in [0.4, 0.5) is 5.69 Å². The number of fused-ring (bicyclic) bond motifs is 1. The normalized spacial score (nSPS) is 12.5. The zero-order valence-electron chi connectivity index (χ0n) is 12.1. The lowest BCUT2D eigenvalue weighted by Gasteiger charge is -2.09. The second-order valence-electron chi connectivity index (χ2n) is 5.02. The molecule has 3 rings (SSSR count). The molecule has 112 valence electrons. The highest BCUT2D eigenvalue weighted by molar-refractivity contribution is 5.99. The van der Waals surface area contributed by atoms with Crippen LogP contribution in [0, 0.1) is 0 Å². The second kappa shape index (κ2) is 5.89. The Morgan fingerprint density at radius 3 is 2.91 bits per heavy atom. The molecule has 0 bridgehead atoms. The molecule has 2 aromatic rings. The molecule has 5 nitrogen and oxygen atoms in total. The molecule has 0 unspecified atom stereocenters. The van der Waals surface area contributed by atoms with Gasteiger partial charge in [-0.1, -0.05) is 18.2 Å². The fourth-order valence-corrected chi connectivity index (χ4v) is 2.36. The number of methoxy groups -OCH3 is 1. The molecule has 0 atom stereocenters. The van der Waals surface area contributed by atoms with Gasteiger partial charge in [-0.25, -0.2) is 4.79 Å². The number of benzene rings is 2. The van der Waals surface area contributed by atoms with E-state index in [-0.39, 0.29) is 11.9 Å². The predicted molar refractivity (Wildman–Crippen MR) is 80.9 cm³/mol. The summed E-state index contributed by atoms with van der Waals surface area (Å²) in [5.41, 5.74) is 3.13. The molecule has 0 spiro atoms. The maximum Gasteiger partial charge on any atom is 0.337 e. The van der Waals surface area contributed by atoms with Crippen molar-refractivity contribution in [3.05, 3.63) is 59.2 Å². The van der Waals surface area contributed by atoms with E-state index in [0.717, 1.165) is 16.8 Å². The van der Waals surface area contributed by atoms with Gasteiger partial charge in [0.05, 0.1) is 19.1 Å². The van der Waals surface area contributed by atoms with Gasteiger partial charge >= 0.3 is 5.97 Å². The first-order chi connectivity index (χ1) is 10.7. The monoisotopic (exact) mass is 297 g/mol. The minimum atomic E-state index is -0.373. The molecule has 22 heavy (non-hydrogen) atoms. The van der Waals surface area contributed by atoms with E-state index in [1.165, 1.54) is 7.11 Å².